The first kappa shape index (κ1) is 23.2. The maximum atomic E-state index is 13.9. The molecule has 0 bridgehead atoms. The summed E-state index contributed by atoms with van der Waals surface area (Å²) in [5, 5.41) is 1.61. The number of ether oxygens (including phenoxy) is 1. The van der Waals surface area contributed by atoms with Crippen molar-refractivity contribution in [2.45, 2.75) is 74.5 Å². The van der Waals surface area contributed by atoms with Crippen LogP contribution >= 0.6 is 11.8 Å². The van der Waals surface area contributed by atoms with E-state index in [2.05, 4.69) is 0 Å². The van der Waals surface area contributed by atoms with Crippen LogP contribution in [0, 0.1) is 0 Å². The molecule has 1 aromatic carbocycles. The molecule has 33 heavy (non-hydrogen) atoms. The lowest BCUT2D eigenvalue weighted by atomic mass is 10.0. The van der Waals surface area contributed by atoms with E-state index in [4.69, 9.17) is 9.15 Å². The molecular formula is C25H33NO5S2. The number of thioether (sulfide) groups is 1. The van der Waals surface area contributed by atoms with Crippen LogP contribution in [0.15, 0.2) is 28.7 Å². The van der Waals surface area contributed by atoms with Crippen molar-refractivity contribution in [3.63, 3.8) is 0 Å². The van der Waals surface area contributed by atoms with Gasteiger partial charge in [-0.05, 0) is 38.2 Å². The minimum atomic E-state index is -3.12. The number of para-hydroxylation sites is 1. The van der Waals surface area contributed by atoms with Gasteiger partial charge < -0.3 is 14.1 Å². The molecule has 0 unspecified atom stereocenters. The zero-order valence-corrected chi connectivity index (χ0v) is 20.7. The van der Waals surface area contributed by atoms with Crippen LogP contribution in [-0.2, 0) is 20.3 Å². The highest BCUT2D eigenvalue weighted by atomic mass is 32.2. The molecule has 2 aromatic rings. The van der Waals surface area contributed by atoms with Gasteiger partial charge in [0.1, 0.15) is 5.58 Å². The highest BCUT2D eigenvalue weighted by Crippen LogP contribution is 2.36. The summed E-state index contributed by atoms with van der Waals surface area (Å²) < 4.78 is 36.4. The second-order valence-corrected chi connectivity index (χ2v) is 13.1. The van der Waals surface area contributed by atoms with Crippen molar-refractivity contribution in [1.29, 1.82) is 0 Å². The molecule has 2 atom stereocenters. The van der Waals surface area contributed by atoms with Crippen LogP contribution in [0.1, 0.15) is 67.5 Å². The maximum absolute atomic E-state index is 13.9. The van der Waals surface area contributed by atoms with E-state index < -0.39 is 9.84 Å². The smallest absolute Gasteiger partial charge is 0.290 e. The normalized spacial score (nSPS) is 25.6. The summed E-state index contributed by atoms with van der Waals surface area (Å²) in [4.78, 5) is 15.7. The molecule has 0 spiro atoms. The van der Waals surface area contributed by atoms with Crippen LogP contribution in [0.2, 0.25) is 0 Å². The van der Waals surface area contributed by atoms with Gasteiger partial charge in [0.25, 0.3) is 5.91 Å². The zero-order chi connectivity index (χ0) is 22.8. The van der Waals surface area contributed by atoms with Crippen LogP contribution in [0.4, 0.5) is 0 Å². The molecule has 2 saturated heterocycles. The monoisotopic (exact) mass is 491 g/mol. The number of carbonyl (C=O) groups is 1. The number of hydrogen-bond donors (Lipinski definition) is 0. The lowest BCUT2D eigenvalue weighted by molar-refractivity contribution is 0.0419. The Hall–Kier alpha value is -1.51. The number of hydrogen-bond acceptors (Lipinski definition) is 6. The molecule has 3 heterocycles. The summed E-state index contributed by atoms with van der Waals surface area (Å²) in [5.41, 5.74) is 1.67. The molecule has 3 aliphatic rings. The molecule has 1 aliphatic carbocycles. The summed E-state index contributed by atoms with van der Waals surface area (Å²) in [6.07, 6.45) is 8.65. The van der Waals surface area contributed by atoms with Gasteiger partial charge in [-0.3, -0.25) is 4.79 Å². The molecule has 0 radical (unpaired) electrons. The van der Waals surface area contributed by atoms with E-state index in [1.807, 2.05) is 36.0 Å². The van der Waals surface area contributed by atoms with E-state index in [1.165, 1.54) is 32.1 Å². The molecule has 180 valence electrons. The van der Waals surface area contributed by atoms with E-state index in [0.29, 0.717) is 30.6 Å². The number of benzene rings is 1. The Morgan fingerprint density at radius 3 is 2.61 bits per heavy atom. The Labute approximate surface area is 200 Å². The third kappa shape index (κ3) is 5.28. The molecule has 1 amide bonds. The van der Waals surface area contributed by atoms with Crippen molar-refractivity contribution in [3.8, 4) is 0 Å². The van der Waals surface area contributed by atoms with Crippen molar-refractivity contribution in [2.24, 2.45) is 0 Å². The van der Waals surface area contributed by atoms with Gasteiger partial charge in [-0.15, -0.1) is 0 Å². The molecule has 1 aromatic heterocycles. The van der Waals surface area contributed by atoms with Gasteiger partial charge in [-0.1, -0.05) is 37.5 Å². The first-order valence-electron chi connectivity index (χ1n) is 12.3. The molecule has 1 saturated carbocycles. The molecule has 6 nitrogen and oxygen atoms in total. The Bertz CT molecular complexity index is 1080. The topological polar surface area (TPSA) is 76.8 Å². The van der Waals surface area contributed by atoms with E-state index in [9.17, 15) is 13.2 Å². The molecule has 2 aliphatic heterocycles. The van der Waals surface area contributed by atoms with E-state index in [-0.39, 0.29) is 29.6 Å². The highest BCUT2D eigenvalue weighted by Gasteiger charge is 2.38. The average molecular weight is 492 g/mol. The van der Waals surface area contributed by atoms with Crippen LogP contribution < -0.4 is 0 Å². The third-order valence-electron chi connectivity index (χ3n) is 7.24. The van der Waals surface area contributed by atoms with Crippen LogP contribution in [0.3, 0.4) is 0 Å². The number of fused-ring (bicyclic) bond motifs is 1. The van der Waals surface area contributed by atoms with Crippen molar-refractivity contribution in [3.05, 3.63) is 35.6 Å². The fourth-order valence-corrected chi connectivity index (χ4v) is 8.49. The summed E-state index contributed by atoms with van der Waals surface area (Å²) in [5.74, 6) is 1.08. The Morgan fingerprint density at radius 1 is 1.06 bits per heavy atom. The standard InChI is InChI=1S/C25H33NO5S2/c27-25(26(15-19-7-6-13-30-19)18-12-14-33(28,29)17-18)24-22(16-32-20-8-2-1-3-9-20)21-10-4-5-11-23(21)31-24/h4-5,10-11,18-20H,1-3,6-9,12-17H2/t18-,19-/m1/s1. The van der Waals surface area contributed by atoms with Crippen LogP contribution in [0.5, 0.6) is 0 Å². The van der Waals surface area contributed by atoms with Crippen molar-refractivity contribution in [1.82, 2.24) is 4.90 Å². The van der Waals surface area contributed by atoms with Gasteiger partial charge in [0, 0.05) is 41.1 Å². The molecular weight excluding hydrogens is 458 g/mol. The number of nitrogens with zero attached hydrogens (tertiary/aromatic N) is 1. The summed E-state index contributed by atoms with van der Waals surface area (Å²) in [6.45, 7) is 1.12. The predicted octanol–water partition coefficient (Wildman–Crippen LogP) is 4.81. The molecule has 3 fully saturated rings. The Balaban J connectivity index is 1.45. The van der Waals surface area contributed by atoms with Crippen molar-refractivity contribution >= 4 is 38.5 Å². The molecule has 8 heteroatoms. The fraction of sp³-hybridized carbons (Fsp3) is 0.640. The number of sulfone groups is 1. The number of furan rings is 1. The van der Waals surface area contributed by atoms with Crippen LogP contribution in [0.25, 0.3) is 11.0 Å². The van der Waals surface area contributed by atoms with E-state index in [0.717, 1.165) is 35.1 Å². The lowest BCUT2D eigenvalue weighted by Crippen LogP contribution is -2.45. The first-order valence-corrected chi connectivity index (χ1v) is 15.1. The summed E-state index contributed by atoms with van der Waals surface area (Å²) >= 11 is 1.93. The molecule has 0 N–H and O–H groups in total. The van der Waals surface area contributed by atoms with Gasteiger partial charge >= 0.3 is 0 Å². The molecule has 5 rings (SSSR count). The minimum Gasteiger partial charge on any atom is -0.451 e. The minimum absolute atomic E-state index is 0.0256. The fourth-order valence-electron chi connectivity index (χ4n) is 5.40. The van der Waals surface area contributed by atoms with Gasteiger partial charge in [0.05, 0.1) is 17.6 Å². The second kappa shape index (κ2) is 10.0. The first-order chi connectivity index (χ1) is 16.0. The highest BCUT2D eigenvalue weighted by molar-refractivity contribution is 7.99. The van der Waals surface area contributed by atoms with Crippen molar-refractivity contribution < 1.29 is 22.4 Å². The third-order valence-corrected chi connectivity index (χ3v) is 10.4. The Kier molecular flexibility index (Phi) is 7.04. The quantitative estimate of drug-likeness (QED) is 0.553. The van der Waals surface area contributed by atoms with Crippen molar-refractivity contribution in [2.75, 3.05) is 24.7 Å². The largest absolute Gasteiger partial charge is 0.451 e. The Morgan fingerprint density at radius 2 is 1.88 bits per heavy atom. The predicted molar refractivity (Wildman–Crippen MR) is 131 cm³/mol. The number of amides is 1. The SMILES string of the molecule is O=C(c1oc2ccccc2c1CSC1CCCCC1)N(C[C@H]1CCCO1)[C@@H]1CCS(=O)(=O)C1. The van der Waals surface area contributed by atoms with E-state index >= 15 is 0 Å². The maximum Gasteiger partial charge on any atom is 0.290 e. The van der Waals surface area contributed by atoms with Gasteiger partial charge in [0.15, 0.2) is 15.6 Å². The average Bonchev–Trinajstić information content (AvgIpc) is 3.55. The zero-order valence-electron chi connectivity index (χ0n) is 19.0. The van der Waals surface area contributed by atoms with Crippen LogP contribution in [-0.4, -0.2) is 61.3 Å². The number of rotatable bonds is 7. The van der Waals surface area contributed by atoms with Gasteiger partial charge in [-0.25, -0.2) is 8.42 Å². The second-order valence-electron chi connectivity index (χ2n) is 9.63. The summed E-state index contributed by atoms with van der Waals surface area (Å²) in [6, 6.07) is 7.52. The number of carbonyl (C=O) groups excluding carboxylic acids is 1. The van der Waals surface area contributed by atoms with Gasteiger partial charge in [-0.2, -0.15) is 11.8 Å². The lowest BCUT2D eigenvalue weighted by Gasteiger charge is -2.30. The van der Waals surface area contributed by atoms with E-state index in [1.54, 1.807) is 4.90 Å². The van der Waals surface area contributed by atoms with Gasteiger partial charge in [0.2, 0.25) is 0 Å². The summed E-state index contributed by atoms with van der Waals surface area (Å²) in [7, 11) is -3.12.